The van der Waals surface area contributed by atoms with Gasteiger partial charge in [0.1, 0.15) is 17.1 Å². The average Bonchev–Trinajstić information content (AvgIpc) is 3.66. The molecule has 2 aliphatic rings. The standard InChI is InChI=1S/C38H44FN7O5/c1-24-9-8-10-25(2)35(24)42-36(48)29-21-40-38(41-27-11-13-31(30(39)19-27)46-18-17-44(4)26(3)22-46)43-37(29)51-32-14-12-28(20-33(32)49-5)50-23-34(47)45-15-6-7-16-45/h8-14,19-21,26H,6-7,15-18,22-23H2,1-5H3,(H,42,48)(H,40,41,43). The van der Waals surface area contributed by atoms with Gasteiger partial charge in [-0.2, -0.15) is 4.98 Å². The van der Waals surface area contributed by atoms with Crippen LogP contribution in [0, 0.1) is 19.7 Å². The first kappa shape index (κ1) is 35.4. The zero-order chi connectivity index (χ0) is 36.1. The van der Waals surface area contributed by atoms with Gasteiger partial charge < -0.3 is 39.5 Å². The van der Waals surface area contributed by atoms with Crippen molar-refractivity contribution in [2.24, 2.45) is 0 Å². The van der Waals surface area contributed by atoms with E-state index in [9.17, 15) is 9.59 Å². The number of anilines is 4. The molecule has 268 valence electrons. The summed E-state index contributed by atoms with van der Waals surface area (Å²) in [4.78, 5) is 41.2. The summed E-state index contributed by atoms with van der Waals surface area (Å²) in [6.07, 6.45) is 3.35. The summed E-state index contributed by atoms with van der Waals surface area (Å²) in [7, 11) is 3.55. The molecule has 4 aromatic rings. The molecule has 1 atom stereocenters. The Morgan fingerprint density at radius 2 is 1.75 bits per heavy atom. The maximum absolute atomic E-state index is 15.4. The number of piperazine rings is 1. The first-order valence-corrected chi connectivity index (χ1v) is 17.1. The minimum absolute atomic E-state index is 0.0593. The lowest BCUT2D eigenvalue weighted by molar-refractivity contribution is -0.132. The number of aromatic nitrogens is 2. The molecule has 2 aliphatic heterocycles. The van der Waals surface area contributed by atoms with Crippen molar-refractivity contribution in [1.82, 2.24) is 19.8 Å². The van der Waals surface area contributed by atoms with Gasteiger partial charge in [0, 0.05) is 62.4 Å². The molecular weight excluding hydrogens is 653 g/mol. The molecule has 0 saturated carbocycles. The summed E-state index contributed by atoms with van der Waals surface area (Å²) in [5, 5.41) is 6.02. The number of likely N-dealkylation sites (tertiary alicyclic amines) is 1. The zero-order valence-corrected chi connectivity index (χ0v) is 29.7. The van der Waals surface area contributed by atoms with E-state index in [4.69, 9.17) is 14.2 Å². The smallest absolute Gasteiger partial charge is 0.262 e. The van der Waals surface area contributed by atoms with Gasteiger partial charge in [0.2, 0.25) is 11.8 Å². The number of halogens is 1. The second-order valence-corrected chi connectivity index (χ2v) is 13.0. The monoisotopic (exact) mass is 697 g/mol. The van der Waals surface area contributed by atoms with Crippen molar-refractivity contribution >= 4 is 34.8 Å². The van der Waals surface area contributed by atoms with Gasteiger partial charge in [-0.25, -0.2) is 9.37 Å². The van der Waals surface area contributed by atoms with E-state index in [1.807, 2.05) is 36.9 Å². The number of rotatable bonds is 11. The third-order valence-electron chi connectivity index (χ3n) is 9.39. The fourth-order valence-electron chi connectivity index (χ4n) is 6.22. The number of carbonyl (C=O) groups excluding carboxylic acids is 2. The molecule has 2 fully saturated rings. The highest BCUT2D eigenvalue weighted by Gasteiger charge is 2.24. The Morgan fingerprint density at radius 1 is 0.980 bits per heavy atom. The van der Waals surface area contributed by atoms with Crippen LogP contribution in [-0.2, 0) is 4.79 Å². The van der Waals surface area contributed by atoms with Gasteiger partial charge in [-0.1, -0.05) is 18.2 Å². The van der Waals surface area contributed by atoms with Crippen molar-refractivity contribution in [2.45, 2.75) is 39.7 Å². The van der Waals surface area contributed by atoms with Gasteiger partial charge in [-0.15, -0.1) is 0 Å². The van der Waals surface area contributed by atoms with E-state index in [2.05, 4.69) is 39.5 Å². The Hall–Kier alpha value is -5.43. The fourth-order valence-corrected chi connectivity index (χ4v) is 6.22. The molecule has 3 heterocycles. The summed E-state index contributed by atoms with van der Waals surface area (Å²) >= 11 is 0. The summed E-state index contributed by atoms with van der Waals surface area (Å²) in [6.45, 7) is 9.63. The summed E-state index contributed by atoms with van der Waals surface area (Å²) < 4.78 is 33.0. The van der Waals surface area contributed by atoms with E-state index in [1.54, 1.807) is 35.2 Å². The number of ether oxygens (including phenoxy) is 3. The highest BCUT2D eigenvalue weighted by atomic mass is 19.1. The number of nitrogens with zero attached hydrogens (tertiary/aromatic N) is 5. The molecule has 12 nitrogen and oxygen atoms in total. The topological polar surface area (TPSA) is 121 Å². The number of para-hydroxylation sites is 1. The maximum Gasteiger partial charge on any atom is 0.262 e. The Bertz CT molecular complexity index is 1880. The van der Waals surface area contributed by atoms with Crippen molar-refractivity contribution in [2.75, 3.05) is 69.0 Å². The number of carbonyl (C=O) groups is 2. The predicted octanol–water partition coefficient (Wildman–Crippen LogP) is 6.17. The fraction of sp³-hybridized carbons (Fsp3) is 0.368. The molecule has 2 N–H and O–H groups in total. The lowest BCUT2D eigenvalue weighted by Gasteiger charge is -2.39. The highest BCUT2D eigenvalue weighted by Crippen LogP contribution is 2.36. The normalized spacial score (nSPS) is 16.2. The lowest BCUT2D eigenvalue weighted by Crippen LogP contribution is -2.50. The number of hydrogen-bond donors (Lipinski definition) is 2. The number of likely N-dealkylation sites (N-methyl/N-ethyl adjacent to an activating group) is 1. The van der Waals surface area contributed by atoms with Crippen LogP contribution >= 0.6 is 0 Å². The average molecular weight is 698 g/mol. The van der Waals surface area contributed by atoms with Gasteiger partial charge in [0.15, 0.2) is 18.1 Å². The summed E-state index contributed by atoms with van der Waals surface area (Å²) in [5.74, 6) is 0.0722. The number of hydrogen-bond acceptors (Lipinski definition) is 10. The second-order valence-electron chi connectivity index (χ2n) is 13.0. The van der Waals surface area contributed by atoms with E-state index < -0.39 is 5.91 Å². The molecule has 13 heteroatoms. The van der Waals surface area contributed by atoms with Crippen molar-refractivity contribution in [3.8, 4) is 23.1 Å². The van der Waals surface area contributed by atoms with Crippen LogP contribution in [0.2, 0.25) is 0 Å². The van der Waals surface area contributed by atoms with Crippen LogP contribution in [-0.4, -0.2) is 91.1 Å². The van der Waals surface area contributed by atoms with Crippen LogP contribution in [0.15, 0.2) is 60.8 Å². The number of aryl methyl sites for hydroxylation is 2. The van der Waals surface area contributed by atoms with Crippen LogP contribution in [0.3, 0.4) is 0 Å². The molecule has 0 spiro atoms. The highest BCUT2D eigenvalue weighted by molar-refractivity contribution is 6.06. The van der Waals surface area contributed by atoms with Crippen LogP contribution in [0.25, 0.3) is 0 Å². The van der Waals surface area contributed by atoms with E-state index in [0.29, 0.717) is 34.6 Å². The van der Waals surface area contributed by atoms with Crippen LogP contribution in [0.4, 0.5) is 27.4 Å². The summed E-state index contributed by atoms with van der Waals surface area (Å²) in [6, 6.07) is 15.8. The number of nitrogens with one attached hydrogen (secondary N) is 2. The molecule has 0 radical (unpaired) electrons. The molecule has 51 heavy (non-hydrogen) atoms. The molecule has 1 aromatic heterocycles. The van der Waals surface area contributed by atoms with Crippen LogP contribution in [0.1, 0.15) is 41.3 Å². The Kier molecular flexibility index (Phi) is 10.8. The number of benzene rings is 3. The minimum Gasteiger partial charge on any atom is -0.493 e. The lowest BCUT2D eigenvalue weighted by atomic mass is 10.1. The number of amides is 2. The van der Waals surface area contributed by atoms with Crippen molar-refractivity contribution in [3.05, 3.63) is 83.3 Å². The number of methoxy groups -OCH3 is 1. The molecule has 2 saturated heterocycles. The Balaban J connectivity index is 1.25. The van der Waals surface area contributed by atoms with Gasteiger partial charge in [-0.3, -0.25) is 9.59 Å². The molecule has 6 rings (SSSR count). The Morgan fingerprint density at radius 3 is 2.45 bits per heavy atom. The zero-order valence-electron chi connectivity index (χ0n) is 29.7. The van der Waals surface area contributed by atoms with Crippen molar-refractivity contribution in [3.63, 3.8) is 0 Å². The van der Waals surface area contributed by atoms with Gasteiger partial charge in [0.25, 0.3) is 11.8 Å². The first-order valence-electron chi connectivity index (χ1n) is 17.1. The van der Waals surface area contributed by atoms with Crippen molar-refractivity contribution < 1.29 is 28.2 Å². The molecule has 1 unspecified atom stereocenters. The largest absolute Gasteiger partial charge is 0.493 e. The van der Waals surface area contributed by atoms with E-state index in [1.165, 1.54) is 19.4 Å². The SMILES string of the molecule is COc1cc(OCC(=O)N2CCCC2)ccc1Oc1nc(Nc2ccc(N3CCN(C)C(C)C3)c(F)c2)ncc1C(=O)Nc1c(C)cccc1C. The van der Waals surface area contributed by atoms with Crippen molar-refractivity contribution in [1.29, 1.82) is 0 Å². The third kappa shape index (κ3) is 8.31. The summed E-state index contributed by atoms with van der Waals surface area (Å²) in [5.41, 5.74) is 3.48. The molecular formula is C38H44FN7O5. The van der Waals surface area contributed by atoms with Gasteiger partial charge in [-0.05, 0) is 82.1 Å². The predicted molar refractivity (Wildman–Crippen MR) is 194 cm³/mol. The molecule has 3 aromatic carbocycles. The van der Waals surface area contributed by atoms with E-state index in [0.717, 1.165) is 56.7 Å². The van der Waals surface area contributed by atoms with Gasteiger partial charge >= 0.3 is 0 Å². The van der Waals surface area contributed by atoms with Crippen LogP contribution in [0.5, 0.6) is 23.1 Å². The van der Waals surface area contributed by atoms with E-state index in [-0.39, 0.29) is 41.5 Å². The quantitative estimate of drug-likeness (QED) is 0.188. The third-order valence-corrected chi connectivity index (χ3v) is 9.39. The molecule has 0 aliphatic carbocycles. The molecule has 0 bridgehead atoms. The minimum atomic E-state index is -0.481. The second kappa shape index (κ2) is 15.6. The molecule has 2 amide bonds. The van der Waals surface area contributed by atoms with Gasteiger partial charge in [0.05, 0.1) is 12.8 Å². The first-order chi connectivity index (χ1) is 24.6. The van der Waals surface area contributed by atoms with Crippen LogP contribution < -0.4 is 29.7 Å². The maximum atomic E-state index is 15.4. The van der Waals surface area contributed by atoms with E-state index >= 15 is 4.39 Å². The Labute approximate surface area is 297 Å².